The molecule has 1 N–H and O–H groups in total. The van der Waals surface area contributed by atoms with E-state index in [9.17, 15) is 10.1 Å². The van der Waals surface area contributed by atoms with Crippen molar-refractivity contribution in [1.82, 2.24) is 0 Å². The van der Waals surface area contributed by atoms with E-state index in [4.69, 9.17) is 11.6 Å². The lowest BCUT2D eigenvalue weighted by Crippen LogP contribution is -2.02. The third kappa shape index (κ3) is 3.49. The normalized spacial score (nSPS) is 10.3. The van der Waals surface area contributed by atoms with E-state index in [1.165, 1.54) is 12.1 Å². The standard InChI is InChI=1S/C14H12BrClN2O2/c1-9-6-11(15)2-5-14(9)17-8-10-7-12(18(19)20)3-4-13(10)16/h2-7,17H,8H2,1H3. The van der Waals surface area contributed by atoms with Crippen LogP contribution in [0, 0.1) is 17.0 Å². The van der Waals surface area contributed by atoms with Crippen LogP contribution in [0.2, 0.25) is 5.02 Å². The van der Waals surface area contributed by atoms with Gasteiger partial charge in [-0.1, -0.05) is 27.5 Å². The first-order valence-corrected chi connectivity index (χ1v) is 7.07. The van der Waals surface area contributed by atoms with E-state index < -0.39 is 4.92 Å². The largest absolute Gasteiger partial charge is 0.381 e. The van der Waals surface area contributed by atoms with E-state index in [0.29, 0.717) is 17.1 Å². The van der Waals surface area contributed by atoms with E-state index in [-0.39, 0.29) is 5.69 Å². The van der Waals surface area contributed by atoms with Crippen LogP contribution in [-0.2, 0) is 6.54 Å². The van der Waals surface area contributed by atoms with Crippen LogP contribution in [0.5, 0.6) is 0 Å². The minimum absolute atomic E-state index is 0.0405. The van der Waals surface area contributed by atoms with Gasteiger partial charge in [-0.15, -0.1) is 0 Å². The topological polar surface area (TPSA) is 55.2 Å². The third-order valence-electron chi connectivity index (χ3n) is 2.90. The molecular formula is C14H12BrClN2O2. The minimum Gasteiger partial charge on any atom is -0.381 e. The molecular weight excluding hydrogens is 344 g/mol. The summed E-state index contributed by atoms with van der Waals surface area (Å²) >= 11 is 9.47. The third-order valence-corrected chi connectivity index (χ3v) is 3.76. The summed E-state index contributed by atoms with van der Waals surface area (Å²) in [6.07, 6.45) is 0. The second-order valence-electron chi connectivity index (χ2n) is 4.35. The van der Waals surface area contributed by atoms with Crippen LogP contribution in [0.3, 0.4) is 0 Å². The van der Waals surface area contributed by atoms with Crippen molar-refractivity contribution in [2.75, 3.05) is 5.32 Å². The number of benzene rings is 2. The maximum absolute atomic E-state index is 10.8. The Labute approximate surface area is 130 Å². The number of anilines is 1. The van der Waals surface area contributed by atoms with Crippen molar-refractivity contribution in [2.24, 2.45) is 0 Å². The number of halogens is 2. The molecule has 0 aliphatic carbocycles. The van der Waals surface area contributed by atoms with Gasteiger partial charge in [0.2, 0.25) is 0 Å². The number of rotatable bonds is 4. The predicted octanol–water partition coefficient (Wildman–Crippen LogP) is 4.93. The molecule has 0 aliphatic heterocycles. The van der Waals surface area contributed by atoms with Crippen LogP contribution in [0.15, 0.2) is 40.9 Å². The molecule has 104 valence electrons. The van der Waals surface area contributed by atoms with Crippen molar-refractivity contribution < 1.29 is 4.92 Å². The Morgan fingerprint density at radius 3 is 2.70 bits per heavy atom. The lowest BCUT2D eigenvalue weighted by molar-refractivity contribution is -0.384. The van der Waals surface area contributed by atoms with Crippen LogP contribution in [0.1, 0.15) is 11.1 Å². The number of hydrogen-bond acceptors (Lipinski definition) is 3. The number of aryl methyl sites for hydroxylation is 1. The Balaban J connectivity index is 2.18. The summed E-state index contributed by atoms with van der Waals surface area (Å²) in [5.74, 6) is 0. The molecule has 20 heavy (non-hydrogen) atoms. The number of nitrogens with one attached hydrogen (secondary N) is 1. The van der Waals surface area contributed by atoms with Gasteiger partial charge in [-0.25, -0.2) is 0 Å². The van der Waals surface area contributed by atoms with Crippen molar-refractivity contribution in [1.29, 1.82) is 0 Å². The lowest BCUT2D eigenvalue weighted by Gasteiger charge is -2.11. The molecule has 2 aromatic carbocycles. The first-order valence-electron chi connectivity index (χ1n) is 5.90. The highest BCUT2D eigenvalue weighted by Crippen LogP contribution is 2.25. The van der Waals surface area contributed by atoms with Crippen LogP contribution >= 0.6 is 27.5 Å². The average Bonchev–Trinajstić information content (AvgIpc) is 2.39. The van der Waals surface area contributed by atoms with Crippen LogP contribution in [0.25, 0.3) is 0 Å². The van der Waals surface area contributed by atoms with Crippen LogP contribution in [-0.4, -0.2) is 4.92 Å². The van der Waals surface area contributed by atoms with Crippen molar-refractivity contribution in [3.05, 3.63) is 67.1 Å². The zero-order valence-electron chi connectivity index (χ0n) is 10.7. The zero-order valence-corrected chi connectivity index (χ0v) is 13.0. The Morgan fingerprint density at radius 1 is 1.30 bits per heavy atom. The van der Waals surface area contributed by atoms with Gasteiger partial charge in [0.25, 0.3) is 5.69 Å². The summed E-state index contributed by atoms with van der Waals surface area (Å²) in [6.45, 7) is 2.42. The Hall–Kier alpha value is -1.59. The number of hydrogen-bond donors (Lipinski definition) is 1. The summed E-state index contributed by atoms with van der Waals surface area (Å²) in [4.78, 5) is 10.3. The quantitative estimate of drug-likeness (QED) is 0.625. The molecule has 0 saturated carbocycles. The zero-order chi connectivity index (χ0) is 14.7. The van der Waals surface area contributed by atoms with Crippen molar-refractivity contribution >= 4 is 38.9 Å². The molecule has 2 aromatic rings. The first-order chi connectivity index (χ1) is 9.47. The van der Waals surface area contributed by atoms with E-state index in [1.54, 1.807) is 6.07 Å². The monoisotopic (exact) mass is 354 g/mol. The second-order valence-corrected chi connectivity index (χ2v) is 5.67. The van der Waals surface area contributed by atoms with E-state index in [0.717, 1.165) is 15.7 Å². The van der Waals surface area contributed by atoms with Gasteiger partial charge < -0.3 is 5.32 Å². The summed E-state index contributed by atoms with van der Waals surface area (Å²) in [5.41, 5.74) is 2.79. The van der Waals surface area contributed by atoms with Crippen molar-refractivity contribution in [2.45, 2.75) is 13.5 Å². The van der Waals surface area contributed by atoms with Gasteiger partial charge in [0.1, 0.15) is 0 Å². The van der Waals surface area contributed by atoms with E-state index >= 15 is 0 Å². The second kappa shape index (κ2) is 6.24. The van der Waals surface area contributed by atoms with Gasteiger partial charge in [-0.3, -0.25) is 10.1 Å². The number of nitrogens with zero attached hydrogens (tertiary/aromatic N) is 1. The van der Waals surface area contributed by atoms with Crippen LogP contribution < -0.4 is 5.32 Å². The van der Waals surface area contributed by atoms with Gasteiger partial charge in [0, 0.05) is 33.9 Å². The van der Waals surface area contributed by atoms with Crippen molar-refractivity contribution in [3.8, 4) is 0 Å². The fourth-order valence-electron chi connectivity index (χ4n) is 1.83. The SMILES string of the molecule is Cc1cc(Br)ccc1NCc1cc([N+](=O)[O-])ccc1Cl. The molecule has 0 atom stereocenters. The Kier molecular flexibility index (Phi) is 4.62. The highest BCUT2D eigenvalue weighted by atomic mass is 79.9. The molecule has 0 unspecified atom stereocenters. The Bertz CT molecular complexity index is 662. The molecule has 0 aliphatic rings. The molecule has 0 heterocycles. The van der Waals surface area contributed by atoms with E-state index in [2.05, 4.69) is 21.2 Å². The van der Waals surface area contributed by atoms with Crippen LogP contribution in [0.4, 0.5) is 11.4 Å². The summed E-state index contributed by atoms with van der Waals surface area (Å²) in [6, 6.07) is 10.3. The summed E-state index contributed by atoms with van der Waals surface area (Å²) in [5, 5.41) is 14.5. The molecule has 0 saturated heterocycles. The van der Waals surface area contributed by atoms with Gasteiger partial charge in [-0.05, 0) is 42.3 Å². The highest BCUT2D eigenvalue weighted by molar-refractivity contribution is 9.10. The highest BCUT2D eigenvalue weighted by Gasteiger charge is 2.10. The number of nitro groups is 1. The fraction of sp³-hybridized carbons (Fsp3) is 0.143. The lowest BCUT2D eigenvalue weighted by atomic mass is 10.1. The molecule has 4 nitrogen and oxygen atoms in total. The molecule has 0 aromatic heterocycles. The molecule has 0 fully saturated rings. The molecule has 0 radical (unpaired) electrons. The summed E-state index contributed by atoms with van der Waals surface area (Å²) < 4.78 is 1.01. The minimum atomic E-state index is -0.426. The smallest absolute Gasteiger partial charge is 0.269 e. The first kappa shape index (κ1) is 14.8. The predicted molar refractivity (Wildman–Crippen MR) is 84.3 cm³/mol. The number of non-ortho nitro benzene ring substituents is 1. The maximum Gasteiger partial charge on any atom is 0.269 e. The average molecular weight is 356 g/mol. The molecule has 0 bridgehead atoms. The fourth-order valence-corrected chi connectivity index (χ4v) is 2.49. The van der Waals surface area contributed by atoms with Gasteiger partial charge >= 0.3 is 0 Å². The van der Waals surface area contributed by atoms with Gasteiger partial charge in [-0.2, -0.15) is 0 Å². The molecule has 0 spiro atoms. The molecule has 2 rings (SSSR count). The molecule has 6 heteroatoms. The van der Waals surface area contributed by atoms with Gasteiger partial charge in [0.05, 0.1) is 4.92 Å². The van der Waals surface area contributed by atoms with Crippen molar-refractivity contribution in [3.63, 3.8) is 0 Å². The number of nitro benzene ring substituents is 1. The van der Waals surface area contributed by atoms with E-state index in [1.807, 2.05) is 25.1 Å². The molecule has 0 amide bonds. The maximum atomic E-state index is 10.8. The Morgan fingerprint density at radius 2 is 2.05 bits per heavy atom. The van der Waals surface area contributed by atoms with Gasteiger partial charge in [0.15, 0.2) is 0 Å². The summed E-state index contributed by atoms with van der Waals surface area (Å²) in [7, 11) is 0.